The molecular formula is C55H68N8O8. The summed E-state index contributed by atoms with van der Waals surface area (Å²) in [6.07, 6.45) is 3.78. The number of amides is 4. The summed E-state index contributed by atoms with van der Waals surface area (Å²) in [5, 5.41) is 5.62. The number of pyridine rings is 1. The minimum Gasteiger partial charge on any atom is -0.464 e. The summed E-state index contributed by atoms with van der Waals surface area (Å²) in [6, 6.07) is 15.8. The van der Waals surface area contributed by atoms with Crippen LogP contribution >= 0.6 is 0 Å². The fraction of sp³-hybridized carbons (Fsp3) is 0.527. The van der Waals surface area contributed by atoms with Crippen LogP contribution in [0.3, 0.4) is 0 Å². The Balaban J connectivity index is 1.01. The van der Waals surface area contributed by atoms with Gasteiger partial charge in [-0.05, 0) is 91.0 Å². The first-order valence-corrected chi connectivity index (χ1v) is 25.2. The number of esters is 1. The second-order valence-corrected chi connectivity index (χ2v) is 21.2. The zero-order valence-corrected chi connectivity index (χ0v) is 42.2. The molecule has 1 spiro atoms. The zero-order valence-electron chi connectivity index (χ0n) is 42.2. The summed E-state index contributed by atoms with van der Waals surface area (Å²) < 4.78 is 19.5. The number of methoxy groups -OCH3 is 1. The number of rotatable bonds is 8. The molecule has 5 aliphatic heterocycles. The van der Waals surface area contributed by atoms with Crippen LogP contribution in [0.15, 0.2) is 60.8 Å². The smallest absolute Gasteiger partial charge is 0.324 e. The van der Waals surface area contributed by atoms with E-state index in [2.05, 4.69) is 89.3 Å². The van der Waals surface area contributed by atoms with Crippen molar-refractivity contribution >= 4 is 40.5 Å². The van der Waals surface area contributed by atoms with Crippen LogP contribution in [0.25, 0.3) is 33.3 Å². The van der Waals surface area contributed by atoms with E-state index in [0.717, 1.165) is 63.2 Å². The number of nitrogens with zero attached hydrogens (tertiary/aromatic N) is 6. The standard InChI is InChI=1S/C55H68N8O8/c1-35(2)48(62-23-19-55(53(62)68)32-61(33-55)46(64)16-11-21-60-24-26-70-27-25-60)50(65)57-44-29-37-12-8-13-38(28-37)39-17-18-45-41(30-39)42(49(59(45)6)40-14-9-20-56-47(40)36(3)69-7)31-54(4,5)34-71-52(67)43-15-10-22-63(58-43)51(44)66/h8-9,12-14,17-18,20,28,30,35-36,43-44,48,58H,10,15,19,21-27,29,31-34H2,1-7H3,(H,57,65)/t36-,43-,44-,48?/m0/s1. The number of ether oxygens (including phenoxy) is 3. The van der Waals surface area contributed by atoms with Crippen molar-refractivity contribution in [3.8, 4) is 34.2 Å². The number of hydrazine groups is 1. The van der Waals surface area contributed by atoms with E-state index in [-0.39, 0.29) is 50.0 Å². The van der Waals surface area contributed by atoms with Gasteiger partial charge < -0.3 is 33.9 Å². The summed E-state index contributed by atoms with van der Waals surface area (Å²) in [7, 11) is 3.75. The predicted octanol–water partition coefficient (Wildman–Crippen LogP) is 4.68. The lowest BCUT2D eigenvalue weighted by Crippen LogP contribution is -2.64. The quantitative estimate of drug-likeness (QED) is 0.186. The van der Waals surface area contributed by atoms with Crippen LogP contribution in [0, 0.1) is 28.6 Å². The van der Waals surface area contributed by atoms with Gasteiger partial charge in [-0.15, -0.1) is 0 Å². The molecule has 376 valence electrons. The van der Waals surface area contributed by atoms with Gasteiger partial charge in [-0.25, -0.2) is 5.43 Å². The van der Waals surface area contributed by atoms with Crippen molar-refractivity contribution in [1.29, 1.82) is 0 Å². The van der Waals surface area contributed by atoms with Crippen molar-refractivity contribution in [2.75, 3.05) is 72.7 Å². The molecule has 16 heteroatoms. The maximum atomic E-state index is 14.8. The average Bonchev–Trinajstić information content (AvgIpc) is 3.83. The number of carbonyl (C=O) groups excluding carboxylic acids is 5. The Morgan fingerprint density at radius 3 is 2.52 bits per heavy atom. The monoisotopic (exact) mass is 969 g/mol. The number of hydrogen-bond acceptors (Lipinski definition) is 11. The Kier molecular flexibility index (Phi) is 14.4. The molecule has 1 unspecified atom stereocenters. The molecule has 4 fully saturated rings. The van der Waals surface area contributed by atoms with Gasteiger partial charge in [0, 0.05) is 87.9 Å². The first kappa shape index (κ1) is 49.8. The lowest BCUT2D eigenvalue weighted by Gasteiger charge is -2.46. The summed E-state index contributed by atoms with van der Waals surface area (Å²) in [4.78, 5) is 81.1. The average molecular weight is 969 g/mol. The van der Waals surface area contributed by atoms with E-state index in [0.29, 0.717) is 58.5 Å². The van der Waals surface area contributed by atoms with E-state index in [9.17, 15) is 24.0 Å². The number of aryl methyl sites for hydroxylation is 1. The Hall–Kier alpha value is -6.12. The zero-order chi connectivity index (χ0) is 50.2. The number of nitrogens with one attached hydrogen (secondary N) is 2. The highest BCUT2D eigenvalue weighted by atomic mass is 16.5. The SMILES string of the molecule is CO[C@@H](C)c1ncccc1-c1c2c3cc(ccc3n1C)-c1cccc(c1)C[C@H](NC(=O)C(C(C)C)N1CCC3(CN(C(=O)C#CCN4CCOCC4)C3)C1=O)C(=O)N1CCC[C@H](N1)C(=O)OCC(C)(C)C2. The van der Waals surface area contributed by atoms with Crippen molar-refractivity contribution in [3.63, 3.8) is 0 Å². The van der Waals surface area contributed by atoms with Gasteiger partial charge in [-0.1, -0.05) is 63.9 Å². The molecule has 4 amide bonds. The maximum Gasteiger partial charge on any atom is 0.324 e. The molecule has 6 bridgehead atoms. The molecule has 0 radical (unpaired) electrons. The fourth-order valence-electron chi connectivity index (χ4n) is 11.2. The maximum absolute atomic E-state index is 14.8. The predicted molar refractivity (Wildman–Crippen MR) is 268 cm³/mol. The van der Waals surface area contributed by atoms with Crippen molar-refractivity contribution in [3.05, 3.63) is 77.6 Å². The number of carbonyl (C=O) groups is 5. The highest BCUT2D eigenvalue weighted by molar-refractivity contribution is 5.99. The number of hydrogen-bond donors (Lipinski definition) is 2. The minimum atomic E-state index is -1.05. The Morgan fingerprint density at radius 2 is 1.76 bits per heavy atom. The van der Waals surface area contributed by atoms with Crippen molar-refractivity contribution in [2.24, 2.45) is 23.8 Å². The van der Waals surface area contributed by atoms with Crippen LogP contribution in [0.4, 0.5) is 0 Å². The van der Waals surface area contributed by atoms with Gasteiger partial charge in [0.2, 0.25) is 11.8 Å². The minimum absolute atomic E-state index is 0.132. The Labute approximate surface area is 416 Å². The van der Waals surface area contributed by atoms with Gasteiger partial charge in [0.05, 0.1) is 49.3 Å². The molecule has 2 aromatic heterocycles. The second-order valence-electron chi connectivity index (χ2n) is 21.2. The molecular weight excluding hydrogens is 901 g/mol. The van der Waals surface area contributed by atoms with E-state index >= 15 is 0 Å². The Morgan fingerprint density at radius 1 is 0.986 bits per heavy atom. The molecule has 16 nitrogen and oxygen atoms in total. The topological polar surface area (TPSA) is 168 Å². The third-order valence-electron chi connectivity index (χ3n) is 15.1. The normalized spacial score (nSPS) is 22.4. The number of cyclic esters (lactones) is 1. The van der Waals surface area contributed by atoms with E-state index in [1.54, 1.807) is 23.1 Å². The largest absolute Gasteiger partial charge is 0.464 e. The van der Waals surface area contributed by atoms with Gasteiger partial charge in [0.15, 0.2) is 0 Å². The van der Waals surface area contributed by atoms with Gasteiger partial charge in [0.1, 0.15) is 18.1 Å². The van der Waals surface area contributed by atoms with E-state index in [4.69, 9.17) is 19.2 Å². The van der Waals surface area contributed by atoms with Crippen LogP contribution in [0.5, 0.6) is 0 Å². The molecule has 9 rings (SSSR count). The van der Waals surface area contributed by atoms with Crippen LogP contribution in [0.2, 0.25) is 0 Å². The summed E-state index contributed by atoms with van der Waals surface area (Å²) in [5.41, 5.74) is 9.58. The highest BCUT2D eigenvalue weighted by Gasteiger charge is 2.58. The van der Waals surface area contributed by atoms with Gasteiger partial charge in [-0.3, -0.25) is 38.9 Å². The molecule has 4 saturated heterocycles. The second kappa shape index (κ2) is 20.5. The first-order chi connectivity index (χ1) is 34.1. The van der Waals surface area contributed by atoms with Crippen LogP contribution in [-0.4, -0.2) is 150 Å². The number of morpholine rings is 1. The number of aromatic nitrogens is 2. The van der Waals surface area contributed by atoms with Crippen LogP contribution in [-0.2, 0) is 58.1 Å². The number of fused-ring (bicyclic) bond motifs is 6. The molecule has 2 aromatic carbocycles. The van der Waals surface area contributed by atoms with Gasteiger partial charge in [-0.2, -0.15) is 0 Å². The Bertz CT molecular complexity index is 2760. The lowest BCUT2D eigenvalue weighted by atomic mass is 9.78. The molecule has 7 heterocycles. The molecule has 4 aromatic rings. The number of benzene rings is 2. The molecule has 2 N–H and O–H groups in total. The van der Waals surface area contributed by atoms with Crippen molar-refractivity contribution in [1.82, 2.24) is 40.0 Å². The summed E-state index contributed by atoms with van der Waals surface area (Å²) >= 11 is 0. The van der Waals surface area contributed by atoms with Crippen LogP contribution < -0.4 is 10.7 Å². The van der Waals surface area contributed by atoms with E-state index in [1.165, 1.54) is 5.01 Å². The fourth-order valence-corrected chi connectivity index (χ4v) is 11.2. The van der Waals surface area contributed by atoms with Crippen molar-refractivity contribution in [2.45, 2.75) is 91.0 Å². The van der Waals surface area contributed by atoms with Crippen molar-refractivity contribution < 1.29 is 38.2 Å². The third-order valence-corrected chi connectivity index (χ3v) is 15.1. The first-order valence-electron chi connectivity index (χ1n) is 25.2. The van der Waals surface area contributed by atoms with Gasteiger partial charge >= 0.3 is 5.97 Å². The molecule has 71 heavy (non-hydrogen) atoms. The molecule has 0 aliphatic carbocycles. The van der Waals surface area contributed by atoms with E-state index < -0.39 is 46.7 Å². The number of likely N-dealkylation sites (tertiary alicyclic amines) is 2. The summed E-state index contributed by atoms with van der Waals surface area (Å²) in [6.45, 7) is 14.6. The summed E-state index contributed by atoms with van der Waals surface area (Å²) in [5.74, 6) is 3.69. The molecule has 0 saturated carbocycles. The lowest BCUT2D eigenvalue weighted by molar-refractivity contribution is -0.155. The highest BCUT2D eigenvalue weighted by Crippen LogP contribution is 2.43. The molecule has 4 atom stereocenters. The van der Waals surface area contributed by atoms with E-state index in [1.807, 2.05) is 39.0 Å². The van der Waals surface area contributed by atoms with Gasteiger partial charge in [0.25, 0.3) is 11.8 Å². The third kappa shape index (κ3) is 10.2. The molecule has 5 aliphatic rings. The van der Waals surface area contributed by atoms with Crippen LogP contribution in [0.1, 0.15) is 76.8 Å².